The highest BCUT2D eigenvalue weighted by molar-refractivity contribution is 5.89. The molecule has 0 aliphatic rings. The van der Waals surface area contributed by atoms with Gasteiger partial charge in [0.1, 0.15) is 5.60 Å². The molecule has 0 saturated heterocycles. The Hall–Kier alpha value is -2.10. The van der Waals surface area contributed by atoms with Crippen LogP contribution in [0.1, 0.15) is 26.5 Å². The molecule has 0 aliphatic carbocycles. The van der Waals surface area contributed by atoms with Gasteiger partial charge in [0.25, 0.3) is 0 Å². The maximum absolute atomic E-state index is 11.7. The minimum Gasteiger partial charge on any atom is -0.444 e. The van der Waals surface area contributed by atoms with Gasteiger partial charge >= 0.3 is 6.09 Å². The van der Waals surface area contributed by atoms with Gasteiger partial charge in [0, 0.05) is 16.8 Å². The second-order valence-electron chi connectivity index (χ2n) is 5.49. The van der Waals surface area contributed by atoms with Crippen molar-refractivity contribution in [2.24, 2.45) is 0 Å². The lowest BCUT2D eigenvalue weighted by Gasteiger charge is -2.19. The highest BCUT2D eigenvalue weighted by atomic mass is 16.6. The molecular formula is C15H18N2O2. The van der Waals surface area contributed by atoms with Crippen molar-refractivity contribution in [2.75, 3.05) is 5.32 Å². The van der Waals surface area contributed by atoms with E-state index in [4.69, 9.17) is 4.74 Å². The zero-order valence-electron chi connectivity index (χ0n) is 11.7. The molecule has 1 N–H and O–H groups in total. The van der Waals surface area contributed by atoms with Crippen LogP contribution in [0.4, 0.5) is 10.5 Å². The molecule has 19 heavy (non-hydrogen) atoms. The zero-order chi connectivity index (χ0) is 14.0. The predicted molar refractivity (Wildman–Crippen MR) is 76.3 cm³/mol. The van der Waals surface area contributed by atoms with Crippen LogP contribution in [0.15, 0.2) is 30.3 Å². The third kappa shape index (κ3) is 3.68. The number of amides is 1. The van der Waals surface area contributed by atoms with Gasteiger partial charge in [0.2, 0.25) is 0 Å². The molecule has 0 atom stereocenters. The molecule has 4 heteroatoms. The summed E-state index contributed by atoms with van der Waals surface area (Å²) in [5.74, 6) is 0. The Balaban J connectivity index is 2.18. The molecule has 1 amide bonds. The minimum absolute atomic E-state index is 0.452. The van der Waals surface area contributed by atoms with Crippen molar-refractivity contribution in [1.29, 1.82) is 0 Å². The van der Waals surface area contributed by atoms with Crippen LogP contribution < -0.4 is 5.32 Å². The molecule has 0 bridgehead atoms. The largest absolute Gasteiger partial charge is 0.444 e. The van der Waals surface area contributed by atoms with Crippen molar-refractivity contribution in [3.05, 3.63) is 36.0 Å². The number of hydrogen-bond donors (Lipinski definition) is 1. The van der Waals surface area contributed by atoms with Gasteiger partial charge in [-0.05, 0) is 52.0 Å². The number of rotatable bonds is 1. The zero-order valence-corrected chi connectivity index (χ0v) is 11.7. The van der Waals surface area contributed by atoms with E-state index in [1.807, 2.05) is 58.0 Å². The molecule has 0 spiro atoms. The predicted octanol–water partition coefficient (Wildman–Crippen LogP) is 3.89. The highest BCUT2D eigenvalue weighted by Gasteiger charge is 2.16. The normalized spacial score (nSPS) is 11.4. The summed E-state index contributed by atoms with van der Waals surface area (Å²) in [5.41, 5.74) is 2.09. The molecule has 4 nitrogen and oxygen atoms in total. The average Bonchev–Trinajstić information content (AvgIpc) is 2.26. The second-order valence-corrected chi connectivity index (χ2v) is 5.49. The number of ether oxygens (including phenoxy) is 1. The summed E-state index contributed by atoms with van der Waals surface area (Å²) < 4.78 is 5.21. The van der Waals surface area contributed by atoms with Crippen LogP contribution in [-0.4, -0.2) is 16.7 Å². The molecule has 2 aromatic rings. The van der Waals surface area contributed by atoms with E-state index < -0.39 is 11.7 Å². The van der Waals surface area contributed by atoms with Crippen LogP contribution in [0.3, 0.4) is 0 Å². The standard InChI is InChI=1S/C15H18N2O2/c1-10-5-6-11-9-12(7-8-13(11)16-10)17-14(18)19-15(2,3)4/h5-9H,1-4H3,(H,17,18). The SMILES string of the molecule is Cc1ccc2cc(NC(=O)OC(C)(C)C)ccc2n1. The van der Waals surface area contributed by atoms with Gasteiger partial charge in [-0.15, -0.1) is 0 Å². The Bertz CT molecular complexity index is 615. The number of anilines is 1. The van der Waals surface area contributed by atoms with Crippen molar-refractivity contribution >= 4 is 22.7 Å². The number of carbonyl (C=O) groups is 1. The summed E-state index contributed by atoms with van der Waals surface area (Å²) in [6.45, 7) is 7.45. The molecule has 0 aliphatic heterocycles. The summed E-state index contributed by atoms with van der Waals surface area (Å²) in [6, 6.07) is 9.51. The van der Waals surface area contributed by atoms with E-state index >= 15 is 0 Å². The molecule has 0 fully saturated rings. The van der Waals surface area contributed by atoms with Gasteiger partial charge in [0.05, 0.1) is 5.52 Å². The lowest BCUT2D eigenvalue weighted by molar-refractivity contribution is 0.0636. The van der Waals surface area contributed by atoms with Gasteiger partial charge in [0.15, 0.2) is 0 Å². The van der Waals surface area contributed by atoms with E-state index in [1.165, 1.54) is 0 Å². The summed E-state index contributed by atoms with van der Waals surface area (Å²) in [7, 11) is 0. The van der Waals surface area contributed by atoms with Gasteiger partial charge in [-0.3, -0.25) is 10.3 Å². The fourth-order valence-electron chi connectivity index (χ4n) is 1.73. The number of aryl methyl sites for hydroxylation is 1. The molecule has 1 aromatic heterocycles. The Labute approximate surface area is 112 Å². The van der Waals surface area contributed by atoms with Gasteiger partial charge in [-0.1, -0.05) is 6.07 Å². The second kappa shape index (κ2) is 4.88. The molecule has 0 saturated carbocycles. The molecule has 0 unspecified atom stereocenters. The number of nitrogens with one attached hydrogen (secondary N) is 1. The van der Waals surface area contributed by atoms with Crippen molar-refractivity contribution < 1.29 is 9.53 Å². The van der Waals surface area contributed by atoms with Gasteiger partial charge in [-0.25, -0.2) is 4.79 Å². The number of nitrogens with zero attached hydrogens (tertiary/aromatic N) is 1. The molecule has 2 rings (SSSR count). The summed E-state index contributed by atoms with van der Waals surface area (Å²) in [5, 5.41) is 3.70. The van der Waals surface area contributed by atoms with E-state index in [0.717, 1.165) is 16.6 Å². The average molecular weight is 258 g/mol. The lowest BCUT2D eigenvalue weighted by Crippen LogP contribution is -2.27. The molecular weight excluding hydrogens is 240 g/mol. The summed E-state index contributed by atoms with van der Waals surface area (Å²) in [4.78, 5) is 16.1. The Morgan fingerprint density at radius 1 is 1.21 bits per heavy atom. The van der Waals surface area contributed by atoms with Crippen LogP contribution >= 0.6 is 0 Å². The van der Waals surface area contributed by atoms with Crippen LogP contribution in [0.2, 0.25) is 0 Å². The highest BCUT2D eigenvalue weighted by Crippen LogP contribution is 2.19. The number of aromatic nitrogens is 1. The van der Waals surface area contributed by atoms with Crippen molar-refractivity contribution in [3.8, 4) is 0 Å². The summed E-state index contributed by atoms with van der Waals surface area (Å²) in [6.07, 6.45) is -0.452. The monoisotopic (exact) mass is 258 g/mol. The van der Waals surface area contributed by atoms with E-state index in [9.17, 15) is 4.79 Å². The Kier molecular flexibility index (Phi) is 3.42. The van der Waals surface area contributed by atoms with E-state index in [2.05, 4.69) is 10.3 Å². The molecule has 0 radical (unpaired) electrons. The van der Waals surface area contributed by atoms with Crippen LogP contribution in [0.5, 0.6) is 0 Å². The van der Waals surface area contributed by atoms with Crippen LogP contribution in [0.25, 0.3) is 10.9 Å². The Morgan fingerprint density at radius 3 is 2.63 bits per heavy atom. The number of benzene rings is 1. The lowest BCUT2D eigenvalue weighted by atomic mass is 10.2. The van der Waals surface area contributed by atoms with Crippen LogP contribution in [-0.2, 0) is 4.74 Å². The van der Waals surface area contributed by atoms with E-state index in [-0.39, 0.29) is 0 Å². The Morgan fingerprint density at radius 2 is 1.95 bits per heavy atom. The fraction of sp³-hybridized carbons (Fsp3) is 0.333. The van der Waals surface area contributed by atoms with E-state index in [1.54, 1.807) is 0 Å². The molecule has 1 aromatic carbocycles. The quantitative estimate of drug-likeness (QED) is 0.844. The van der Waals surface area contributed by atoms with Crippen LogP contribution in [0, 0.1) is 6.92 Å². The third-order valence-corrected chi connectivity index (χ3v) is 2.47. The number of carbonyl (C=O) groups excluding carboxylic acids is 1. The first kappa shape index (κ1) is 13.3. The topological polar surface area (TPSA) is 51.2 Å². The number of fused-ring (bicyclic) bond motifs is 1. The molecule has 1 heterocycles. The van der Waals surface area contributed by atoms with Crippen molar-refractivity contribution in [2.45, 2.75) is 33.3 Å². The first-order valence-electron chi connectivity index (χ1n) is 6.21. The van der Waals surface area contributed by atoms with E-state index in [0.29, 0.717) is 5.69 Å². The van der Waals surface area contributed by atoms with Gasteiger partial charge < -0.3 is 4.74 Å². The maximum atomic E-state index is 11.7. The molecule has 100 valence electrons. The smallest absolute Gasteiger partial charge is 0.412 e. The number of hydrogen-bond acceptors (Lipinski definition) is 3. The first-order chi connectivity index (χ1) is 8.83. The first-order valence-corrected chi connectivity index (χ1v) is 6.21. The van der Waals surface area contributed by atoms with Gasteiger partial charge in [-0.2, -0.15) is 0 Å². The minimum atomic E-state index is -0.500. The fourth-order valence-corrected chi connectivity index (χ4v) is 1.73. The third-order valence-electron chi connectivity index (χ3n) is 2.47. The number of pyridine rings is 1. The van der Waals surface area contributed by atoms with Crippen molar-refractivity contribution in [3.63, 3.8) is 0 Å². The summed E-state index contributed by atoms with van der Waals surface area (Å²) >= 11 is 0. The maximum Gasteiger partial charge on any atom is 0.412 e. The van der Waals surface area contributed by atoms with Crippen molar-refractivity contribution in [1.82, 2.24) is 4.98 Å².